The van der Waals surface area contributed by atoms with Gasteiger partial charge in [-0.05, 0) is 42.0 Å². The fourth-order valence-electron chi connectivity index (χ4n) is 2.68. The predicted molar refractivity (Wildman–Crippen MR) is 103 cm³/mol. The molecular formula is C21H18N2O4. The maximum atomic E-state index is 13.1. The Labute approximate surface area is 156 Å². The van der Waals surface area contributed by atoms with Crippen LogP contribution < -0.4 is 9.64 Å². The standard InChI is InChI=1S/C21H18N2O4/c1-27-20-13-11-18(12-14-20)22(21(24)17-5-3-2-4-6-17)15-16-7-9-19(10-8-16)23(25)26/h2-14H,15H2,1H3. The normalized spacial score (nSPS) is 10.3. The van der Waals surface area contributed by atoms with E-state index in [-0.39, 0.29) is 18.1 Å². The molecule has 3 aromatic rings. The molecule has 0 aliphatic rings. The minimum absolute atomic E-state index is 0.0177. The molecule has 27 heavy (non-hydrogen) atoms. The summed E-state index contributed by atoms with van der Waals surface area (Å²) in [4.78, 5) is 25.1. The van der Waals surface area contributed by atoms with Gasteiger partial charge in [0, 0.05) is 23.4 Å². The molecule has 0 saturated heterocycles. The molecule has 0 N–H and O–H groups in total. The molecule has 0 saturated carbocycles. The third-order valence-electron chi connectivity index (χ3n) is 4.14. The molecule has 0 spiro atoms. The Morgan fingerprint density at radius 3 is 2.15 bits per heavy atom. The molecule has 0 aliphatic carbocycles. The van der Waals surface area contributed by atoms with E-state index in [1.165, 1.54) is 12.1 Å². The summed E-state index contributed by atoms with van der Waals surface area (Å²) < 4.78 is 5.18. The van der Waals surface area contributed by atoms with E-state index >= 15 is 0 Å². The number of hydrogen-bond acceptors (Lipinski definition) is 4. The van der Waals surface area contributed by atoms with Crippen molar-refractivity contribution in [3.63, 3.8) is 0 Å². The first-order chi connectivity index (χ1) is 13.1. The van der Waals surface area contributed by atoms with Crippen molar-refractivity contribution in [2.75, 3.05) is 12.0 Å². The molecule has 3 aromatic carbocycles. The fraction of sp³-hybridized carbons (Fsp3) is 0.0952. The molecule has 0 aromatic heterocycles. The summed E-state index contributed by atoms with van der Waals surface area (Å²) in [6, 6.07) is 22.4. The van der Waals surface area contributed by atoms with E-state index < -0.39 is 4.92 Å². The van der Waals surface area contributed by atoms with Crippen LogP contribution in [0.2, 0.25) is 0 Å². The van der Waals surface area contributed by atoms with Crippen LogP contribution in [0.4, 0.5) is 11.4 Å². The summed E-state index contributed by atoms with van der Waals surface area (Å²) in [6.45, 7) is 0.290. The van der Waals surface area contributed by atoms with Crippen LogP contribution in [-0.2, 0) is 6.54 Å². The summed E-state index contributed by atoms with van der Waals surface area (Å²) >= 11 is 0. The molecule has 1 amide bonds. The van der Waals surface area contributed by atoms with Crippen molar-refractivity contribution >= 4 is 17.3 Å². The third kappa shape index (κ3) is 4.30. The first kappa shape index (κ1) is 18.1. The van der Waals surface area contributed by atoms with E-state index in [4.69, 9.17) is 4.74 Å². The summed E-state index contributed by atoms with van der Waals surface area (Å²) in [5.41, 5.74) is 2.09. The number of ether oxygens (including phenoxy) is 1. The van der Waals surface area contributed by atoms with Gasteiger partial charge in [0.2, 0.25) is 0 Å². The summed E-state index contributed by atoms with van der Waals surface area (Å²) in [7, 11) is 1.58. The molecule has 3 rings (SSSR count). The lowest BCUT2D eigenvalue weighted by molar-refractivity contribution is -0.384. The average molecular weight is 362 g/mol. The average Bonchev–Trinajstić information content (AvgIpc) is 2.72. The van der Waals surface area contributed by atoms with Crippen molar-refractivity contribution in [2.24, 2.45) is 0 Å². The van der Waals surface area contributed by atoms with Crippen LogP contribution in [0.3, 0.4) is 0 Å². The highest BCUT2D eigenvalue weighted by Crippen LogP contribution is 2.24. The lowest BCUT2D eigenvalue weighted by Gasteiger charge is -2.23. The van der Waals surface area contributed by atoms with Gasteiger partial charge in [-0.2, -0.15) is 0 Å². The summed E-state index contributed by atoms with van der Waals surface area (Å²) in [5.74, 6) is 0.542. The minimum atomic E-state index is -0.444. The number of nitro groups is 1. The quantitative estimate of drug-likeness (QED) is 0.480. The topological polar surface area (TPSA) is 72.7 Å². The maximum absolute atomic E-state index is 13.1. The predicted octanol–water partition coefficient (Wildman–Crippen LogP) is 4.45. The number of hydrogen-bond donors (Lipinski definition) is 0. The van der Waals surface area contributed by atoms with Gasteiger partial charge < -0.3 is 9.64 Å². The Kier molecular flexibility index (Phi) is 5.47. The molecule has 0 heterocycles. The van der Waals surface area contributed by atoms with E-state index in [1.54, 1.807) is 48.4 Å². The number of rotatable bonds is 6. The van der Waals surface area contributed by atoms with Crippen molar-refractivity contribution in [3.05, 3.63) is 100 Å². The maximum Gasteiger partial charge on any atom is 0.269 e. The van der Waals surface area contributed by atoms with Gasteiger partial charge in [0.25, 0.3) is 11.6 Å². The van der Waals surface area contributed by atoms with Gasteiger partial charge >= 0.3 is 0 Å². The van der Waals surface area contributed by atoms with E-state index in [2.05, 4.69) is 0 Å². The summed E-state index contributed by atoms with van der Waals surface area (Å²) in [5, 5.41) is 10.8. The highest BCUT2D eigenvalue weighted by Gasteiger charge is 2.18. The first-order valence-electron chi connectivity index (χ1n) is 8.33. The van der Waals surface area contributed by atoms with E-state index in [0.29, 0.717) is 17.0 Å². The summed E-state index contributed by atoms with van der Waals surface area (Å²) in [6.07, 6.45) is 0. The number of methoxy groups -OCH3 is 1. The number of anilines is 1. The van der Waals surface area contributed by atoms with Crippen molar-refractivity contribution in [1.82, 2.24) is 0 Å². The Bertz CT molecular complexity index is 923. The highest BCUT2D eigenvalue weighted by molar-refractivity contribution is 6.06. The first-order valence-corrected chi connectivity index (χ1v) is 8.33. The van der Waals surface area contributed by atoms with Gasteiger partial charge in [0.15, 0.2) is 0 Å². The van der Waals surface area contributed by atoms with Gasteiger partial charge in [-0.3, -0.25) is 14.9 Å². The van der Waals surface area contributed by atoms with Gasteiger partial charge in [-0.1, -0.05) is 30.3 Å². The SMILES string of the molecule is COc1ccc(N(Cc2ccc([N+](=O)[O-])cc2)C(=O)c2ccccc2)cc1. The Morgan fingerprint density at radius 2 is 1.59 bits per heavy atom. The Balaban J connectivity index is 1.93. The van der Waals surface area contributed by atoms with Crippen LogP contribution in [0.15, 0.2) is 78.9 Å². The highest BCUT2D eigenvalue weighted by atomic mass is 16.6. The van der Waals surface area contributed by atoms with Gasteiger partial charge in [-0.25, -0.2) is 0 Å². The second-order valence-corrected chi connectivity index (χ2v) is 5.88. The van der Waals surface area contributed by atoms with E-state index in [0.717, 1.165) is 5.56 Å². The van der Waals surface area contributed by atoms with Crippen LogP contribution in [0, 0.1) is 10.1 Å². The number of nitrogens with zero attached hydrogens (tertiary/aromatic N) is 2. The van der Waals surface area contributed by atoms with Crippen LogP contribution in [0.5, 0.6) is 5.75 Å². The minimum Gasteiger partial charge on any atom is -0.497 e. The number of carbonyl (C=O) groups is 1. The molecular weight excluding hydrogens is 344 g/mol. The lowest BCUT2D eigenvalue weighted by Crippen LogP contribution is -2.30. The fourth-order valence-corrected chi connectivity index (χ4v) is 2.68. The number of amides is 1. The van der Waals surface area contributed by atoms with Crippen molar-refractivity contribution in [2.45, 2.75) is 6.54 Å². The van der Waals surface area contributed by atoms with Crippen LogP contribution >= 0.6 is 0 Å². The van der Waals surface area contributed by atoms with Gasteiger partial charge in [0.05, 0.1) is 18.6 Å². The van der Waals surface area contributed by atoms with Crippen molar-refractivity contribution < 1.29 is 14.5 Å². The largest absolute Gasteiger partial charge is 0.497 e. The number of non-ortho nitro benzene ring substituents is 1. The lowest BCUT2D eigenvalue weighted by atomic mass is 10.1. The molecule has 0 unspecified atom stereocenters. The van der Waals surface area contributed by atoms with Crippen LogP contribution in [0.1, 0.15) is 15.9 Å². The zero-order chi connectivity index (χ0) is 19.2. The molecule has 0 atom stereocenters. The van der Waals surface area contributed by atoms with Gasteiger partial charge in [-0.15, -0.1) is 0 Å². The van der Waals surface area contributed by atoms with Crippen molar-refractivity contribution in [3.8, 4) is 5.75 Å². The zero-order valence-corrected chi connectivity index (χ0v) is 14.7. The molecule has 0 fully saturated rings. The molecule has 0 aliphatic heterocycles. The van der Waals surface area contributed by atoms with Crippen molar-refractivity contribution in [1.29, 1.82) is 0 Å². The second kappa shape index (κ2) is 8.14. The smallest absolute Gasteiger partial charge is 0.269 e. The van der Waals surface area contributed by atoms with E-state index in [1.807, 2.05) is 30.3 Å². The zero-order valence-electron chi connectivity index (χ0n) is 14.7. The molecule has 0 bridgehead atoms. The number of benzene rings is 3. The van der Waals surface area contributed by atoms with E-state index in [9.17, 15) is 14.9 Å². The molecule has 0 radical (unpaired) electrons. The monoisotopic (exact) mass is 362 g/mol. The second-order valence-electron chi connectivity index (χ2n) is 5.88. The van der Waals surface area contributed by atoms with Gasteiger partial charge in [0.1, 0.15) is 5.75 Å². The molecule has 136 valence electrons. The van der Waals surface area contributed by atoms with Crippen LogP contribution in [-0.4, -0.2) is 17.9 Å². The third-order valence-corrected chi connectivity index (χ3v) is 4.14. The molecule has 6 nitrogen and oxygen atoms in total. The molecule has 6 heteroatoms. The Hall–Kier alpha value is -3.67. The number of nitro benzene ring substituents is 1. The van der Waals surface area contributed by atoms with Crippen LogP contribution in [0.25, 0.3) is 0 Å². The number of carbonyl (C=O) groups excluding carboxylic acids is 1. The Morgan fingerprint density at radius 1 is 0.963 bits per heavy atom.